The Morgan fingerprint density at radius 3 is 2.50 bits per heavy atom. The molecule has 120 valence electrons. The Labute approximate surface area is 136 Å². The fourth-order valence-corrected chi connectivity index (χ4v) is 2.70. The van der Waals surface area contributed by atoms with Gasteiger partial charge in [0.1, 0.15) is 0 Å². The van der Waals surface area contributed by atoms with Crippen molar-refractivity contribution in [1.29, 1.82) is 0 Å². The van der Waals surface area contributed by atoms with Gasteiger partial charge in [-0.1, -0.05) is 63.3 Å². The smallest absolute Gasteiger partial charge is 0.0205 e. The topological polar surface area (TPSA) is 12.0 Å². The minimum Gasteiger partial charge on any atom is -0.313 e. The van der Waals surface area contributed by atoms with Crippen LogP contribution in [-0.4, -0.2) is 6.54 Å². The molecular formula is C21H31N. The molecule has 0 heterocycles. The largest absolute Gasteiger partial charge is 0.313 e. The molecule has 2 atom stereocenters. The summed E-state index contributed by atoms with van der Waals surface area (Å²) < 4.78 is 0. The van der Waals surface area contributed by atoms with E-state index in [2.05, 4.69) is 75.2 Å². The first-order valence-electron chi connectivity index (χ1n) is 8.60. The summed E-state index contributed by atoms with van der Waals surface area (Å²) in [7, 11) is 0. The van der Waals surface area contributed by atoms with E-state index >= 15 is 0 Å². The van der Waals surface area contributed by atoms with E-state index in [9.17, 15) is 0 Å². The van der Waals surface area contributed by atoms with Crippen LogP contribution in [0.1, 0.15) is 51.2 Å². The Kier molecular flexibility index (Phi) is 6.02. The second-order valence-electron chi connectivity index (χ2n) is 7.49. The molecule has 0 spiro atoms. The third kappa shape index (κ3) is 5.46. The number of benzene rings is 1. The SMILES string of the molecule is C=C[C@@H]1C[C@@H]1/C=C\CCCNCc1ccc(C(C)(C)C)cc1. The molecule has 0 radical (unpaired) electrons. The molecule has 1 nitrogen and oxygen atoms in total. The molecule has 1 N–H and O–H groups in total. The molecule has 0 unspecified atom stereocenters. The molecule has 0 aromatic heterocycles. The molecule has 1 aromatic carbocycles. The van der Waals surface area contributed by atoms with Crippen molar-refractivity contribution in [3.63, 3.8) is 0 Å². The van der Waals surface area contributed by atoms with Crippen molar-refractivity contribution in [2.24, 2.45) is 11.8 Å². The Hall–Kier alpha value is -1.34. The first kappa shape index (κ1) is 17.0. The number of hydrogen-bond donors (Lipinski definition) is 1. The van der Waals surface area contributed by atoms with Crippen molar-refractivity contribution in [1.82, 2.24) is 5.32 Å². The highest BCUT2D eigenvalue weighted by molar-refractivity contribution is 5.27. The van der Waals surface area contributed by atoms with Gasteiger partial charge < -0.3 is 5.32 Å². The number of hydrogen-bond acceptors (Lipinski definition) is 1. The zero-order valence-electron chi connectivity index (χ0n) is 14.4. The monoisotopic (exact) mass is 297 g/mol. The molecule has 22 heavy (non-hydrogen) atoms. The maximum absolute atomic E-state index is 3.85. The van der Waals surface area contributed by atoms with Crippen LogP contribution in [0.15, 0.2) is 49.1 Å². The van der Waals surface area contributed by atoms with Crippen molar-refractivity contribution in [2.45, 2.75) is 52.0 Å². The lowest BCUT2D eigenvalue weighted by atomic mass is 9.87. The molecule has 0 bridgehead atoms. The van der Waals surface area contributed by atoms with Gasteiger partial charge in [-0.3, -0.25) is 0 Å². The summed E-state index contributed by atoms with van der Waals surface area (Å²) in [6, 6.07) is 9.00. The van der Waals surface area contributed by atoms with E-state index < -0.39 is 0 Å². The summed E-state index contributed by atoms with van der Waals surface area (Å²) in [5, 5.41) is 3.53. The van der Waals surface area contributed by atoms with Gasteiger partial charge in [0, 0.05) is 6.54 Å². The van der Waals surface area contributed by atoms with Gasteiger partial charge in [0.25, 0.3) is 0 Å². The quantitative estimate of drug-likeness (QED) is 0.511. The van der Waals surface area contributed by atoms with E-state index in [1.165, 1.54) is 30.4 Å². The van der Waals surface area contributed by atoms with Gasteiger partial charge >= 0.3 is 0 Å². The molecule has 1 saturated carbocycles. The van der Waals surface area contributed by atoms with Gasteiger partial charge in [0.05, 0.1) is 0 Å². The normalized spacial score (nSPS) is 21.2. The molecule has 0 aliphatic heterocycles. The molecule has 1 fully saturated rings. The van der Waals surface area contributed by atoms with Crippen molar-refractivity contribution >= 4 is 0 Å². The second-order valence-corrected chi connectivity index (χ2v) is 7.49. The minimum absolute atomic E-state index is 0.241. The summed E-state index contributed by atoms with van der Waals surface area (Å²) in [6.07, 6.45) is 10.5. The summed E-state index contributed by atoms with van der Waals surface area (Å²) in [4.78, 5) is 0. The van der Waals surface area contributed by atoms with Gasteiger partial charge in [-0.2, -0.15) is 0 Å². The van der Waals surface area contributed by atoms with Gasteiger partial charge in [-0.05, 0) is 54.2 Å². The first-order valence-corrected chi connectivity index (χ1v) is 8.60. The maximum Gasteiger partial charge on any atom is 0.0205 e. The van der Waals surface area contributed by atoms with Crippen molar-refractivity contribution in [2.75, 3.05) is 6.54 Å². The second kappa shape index (κ2) is 7.78. The van der Waals surface area contributed by atoms with Crippen LogP contribution in [-0.2, 0) is 12.0 Å². The van der Waals surface area contributed by atoms with E-state index in [1.807, 2.05) is 0 Å². The van der Waals surface area contributed by atoms with E-state index in [1.54, 1.807) is 0 Å². The van der Waals surface area contributed by atoms with Crippen LogP contribution < -0.4 is 5.32 Å². The van der Waals surface area contributed by atoms with Gasteiger partial charge in [0.2, 0.25) is 0 Å². The summed E-state index contributed by atoms with van der Waals surface area (Å²) in [5.74, 6) is 1.54. The predicted octanol–water partition coefficient (Wildman–Crippen LogP) is 5.23. The lowest BCUT2D eigenvalue weighted by molar-refractivity contribution is 0.589. The standard InChI is InChI=1S/C21H31N/c1-5-18-15-19(18)9-7-6-8-14-22-16-17-10-12-20(13-11-17)21(2,3)4/h5,7,9-13,18-19,22H,1,6,8,14-16H2,2-4H3/b9-7-/t18-,19+/m1/s1. The van der Waals surface area contributed by atoms with Crippen LogP contribution in [0.2, 0.25) is 0 Å². The lowest BCUT2D eigenvalue weighted by Crippen LogP contribution is -2.15. The van der Waals surface area contributed by atoms with E-state index in [4.69, 9.17) is 0 Å². The van der Waals surface area contributed by atoms with Crippen LogP contribution in [0.4, 0.5) is 0 Å². The zero-order valence-corrected chi connectivity index (χ0v) is 14.4. The number of unbranched alkanes of at least 4 members (excludes halogenated alkanes) is 1. The Bertz CT molecular complexity index is 490. The predicted molar refractivity (Wildman–Crippen MR) is 97.0 cm³/mol. The Balaban J connectivity index is 1.58. The third-order valence-corrected chi connectivity index (χ3v) is 4.45. The average Bonchev–Trinajstić information content (AvgIpc) is 3.24. The molecule has 1 aromatic rings. The Morgan fingerprint density at radius 1 is 1.18 bits per heavy atom. The number of rotatable bonds is 8. The van der Waals surface area contributed by atoms with Crippen LogP contribution in [0, 0.1) is 11.8 Å². The molecule has 2 rings (SSSR count). The molecule has 1 aliphatic carbocycles. The van der Waals surface area contributed by atoms with Crippen molar-refractivity contribution < 1.29 is 0 Å². The van der Waals surface area contributed by atoms with E-state index in [0.29, 0.717) is 0 Å². The molecule has 0 amide bonds. The highest BCUT2D eigenvalue weighted by Gasteiger charge is 2.31. The molecular weight excluding hydrogens is 266 g/mol. The van der Waals surface area contributed by atoms with E-state index in [0.717, 1.165) is 24.9 Å². The third-order valence-electron chi connectivity index (χ3n) is 4.45. The first-order chi connectivity index (χ1) is 10.5. The highest BCUT2D eigenvalue weighted by atomic mass is 14.8. The highest BCUT2D eigenvalue weighted by Crippen LogP contribution is 2.40. The average molecular weight is 297 g/mol. The molecule has 1 heteroatoms. The fraction of sp³-hybridized carbons (Fsp3) is 0.524. The summed E-state index contributed by atoms with van der Waals surface area (Å²) >= 11 is 0. The maximum atomic E-state index is 3.85. The fourth-order valence-electron chi connectivity index (χ4n) is 2.70. The van der Waals surface area contributed by atoms with Crippen molar-refractivity contribution in [3.05, 3.63) is 60.2 Å². The summed E-state index contributed by atoms with van der Waals surface area (Å²) in [6.45, 7) is 12.7. The van der Waals surface area contributed by atoms with Crippen LogP contribution in [0.3, 0.4) is 0 Å². The number of nitrogens with one attached hydrogen (secondary N) is 1. The Morgan fingerprint density at radius 2 is 1.91 bits per heavy atom. The van der Waals surface area contributed by atoms with Gasteiger partial charge in [-0.15, -0.1) is 6.58 Å². The van der Waals surface area contributed by atoms with Crippen LogP contribution in [0.25, 0.3) is 0 Å². The van der Waals surface area contributed by atoms with Crippen molar-refractivity contribution in [3.8, 4) is 0 Å². The summed E-state index contributed by atoms with van der Waals surface area (Å²) in [5.41, 5.74) is 3.01. The van der Waals surface area contributed by atoms with E-state index in [-0.39, 0.29) is 5.41 Å². The minimum atomic E-state index is 0.241. The zero-order chi connectivity index (χ0) is 16.0. The lowest BCUT2D eigenvalue weighted by Gasteiger charge is -2.19. The van der Waals surface area contributed by atoms with Crippen LogP contribution >= 0.6 is 0 Å². The van der Waals surface area contributed by atoms with Crippen LogP contribution in [0.5, 0.6) is 0 Å². The molecule has 0 saturated heterocycles. The van der Waals surface area contributed by atoms with Gasteiger partial charge in [0.15, 0.2) is 0 Å². The van der Waals surface area contributed by atoms with Gasteiger partial charge in [-0.25, -0.2) is 0 Å². The number of allylic oxidation sites excluding steroid dienone is 3. The molecule has 1 aliphatic rings.